The van der Waals surface area contributed by atoms with Crippen LogP contribution >= 0.6 is 0 Å². The number of rotatable bonds is 3. The van der Waals surface area contributed by atoms with Crippen LogP contribution in [0.3, 0.4) is 0 Å². The van der Waals surface area contributed by atoms with E-state index in [9.17, 15) is 23.7 Å². The van der Waals surface area contributed by atoms with Crippen molar-refractivity contribution < 1.29 is 13.2 Å². The highest BCUT2D eigenvalue weighted by Gasteiger charge is 2.32. The van der Waals surface area contributed by atoms with E-state index in [2.05, 4.69) is 17.0 Å². The topological polar surface area (TPSA) is 61.8 Å². The van der Waals surface area contributed by atoms with E-state index in [1.165, 1.54) is 6.07 Å². The van der Waals surface area contributed by atoms with E-state index in [-0.39, 0.29) is 0 Å². The number of alkyl halides is 3. The number of para-hydroxylation sites is 2. The van der Waals surface area contributed by atoms with Gasteiger partial charge in [-0.2, -0.15) is 23.7 Å². The highest BCUT2D eigenvalue weighted by molar-refractivity contribution is 6.12. The van der Waals surface area contributed by atoms with Crippen molar-refractivity contribution in [2.45, 2.75) is 6.18 Å². The fourth-order valence-electron chi connectivity index (χ4n) is 6.73. The summed E-state index contributed by atoms with van der Waals surface area (Å²) in [6.07, 6.45) is -4.62. The molecule has 0 fully saturated rings. The summed E-state index contributed by atoms with van der Waals surface area (Å²) < 4.78 is 47.1. The summed E-state index contributed by atoms with van der Waals surface area (Å²) in [5.41, 5.74) is 5.30. The van der Waals surface area contributed by atoms with Crippen LogP contribution in [0.2, 0.25) is 0 Å². The van der Waals surface area contributed by atoms with Gasteiger partial charge in [0, 0.05) is 38.4 Å². The third-order valence-electron chi connectivity index (χ3n) is 8.81. The number of hydrogen-bond acceptors (Lipinski definition) is 2. The standard InChI is InChI=1S/C40H20F3N5/c1-46-27-13-14-30(39(21-27)48-35-9-5-3-7-29(35)32-19-25(23-45)11-16-37(32)48)33-20-26(40(41,42)43)12-17-38(33)47-34-8-4-2-6-28(34)31-18-24(22-44)10-15-36(31)47/h2-21H. The Bertz CT molecular complexity index is 2760. The third-order valence-corrected chi connectivity index (χ3v) is 8.81. The fraction of sp³-hybridized carbons (Fsp3) is 0.0250. The SMILES string of the molecule is [C-]#[N+]c1ccc(-c2cc(C(F)(F)F)ccc2-n2c3ccccc3c3cc(C#N)ccc32)c(-n2c3ccccc3c3cc(C#N)ccc32)c1. The van der Waals surface area contributed by atoms with Gasteiger partial charge in [-0.1, -0.05) is 48.5 Å². The maximum absolute atomic E-state index is 14.4. The van der Waals surface area contributed by atoms with Crippen LogP contribution < -0.4 is 0 Å². The van der Waals surface area contributed by atoms with Crippen molar-refractivity contribution >= 4 is 49.3 Å². The van der Waals surface area contributed by atoms with Crippen molar-refractivity contribution in [1.82, 2.24) is 9.13 Å². The Morgan fingerprint density at radius 2 is 1.08 bits per heavy atom. The zero-order valence-corrected chi connectivity index (χ0v) is 24.9. The third kappa shape index (κ3) is 4.31. The number of fused-ring (bicyclic) bond motifs is 6. The second kappa shape index (κ2) is 10.6. The minimum absolute atomic E-state index is 0.308. The number of nitrogens with zero attached hydrogens (tertiary/aromatic N) is 5. The maximum atomic E-state index is 14.4. The number of halogens is 3. The molecule has 0 aliphatic heterocycles. The number of benzene rings is 6. The monoisotopic (exact) mass is 627 g/mol. The van der Waals surface area contributed by atoms with Gasteiger partial charge in [-0.05, 0) is 72.8 Å². The van der Waals surface area contributed by atoms with Crippen molar-refractivity contribution in [1.29, 1.82) is 10.5 Å². The minimum Gasteiger partial charge on any atom is -0.310 e. The minimum atomic E-state index is -4.62. The second-order valence-electron chi connectivity index (χ2n) is 11.4. The van der Waals surface area contributed by atoms with E-state index in [0.717, 1.165) is 55.7 Å². The molecule has 0 aliphatic carbocycles. The highest BCUT2D eigenvalue weighted by Crippen LogP contribution is 2.44. The second-order valence-corrected chi connectivity index (χ2v) is 11.4. The molecular weight excluding hydrogens is 607 g/mol. The van der Waals surface area contributed by atoms with Crippen LogP contribution in [0.5, 0.6) is 0 Å². The molecule has 0 saturated carbocycles. The van der Waals surface area contributed by atoms with Crippen molar-refractivity contribution in [3.8, 4) is 34.6 Å². The summed E-state index contributed by atoms with van der Waals surface area (Å²) in [4.78, 5) is 3.67. The Balaban J connectivity index is 1.52. The van der Waals surface area contributed by atoms with Gasteiger partial charge in [-0.15, -0.1) is 0 Å². The lowest BCUT2D eigenvalue weighted by atomic mass is 9.97. The Hall–Kier alpha value is -6.82. The normalized spacial score (nSPS) is 11.6. The van der Waals surface area contributed by atoms with Gasteiger partial charge in [0.2, 0.25) is 0 Å². The first kappa shape index (κ1) is 28.6. The average Bonchev–Trinajstić information content (AvgIpc) is 3.62. The van der Waals surface area contributed by atoms with E-state index < -0.39 is 11.7 Å². The lowest BCUT2D eigenvalue weighted by molar-refractivity contribution is -0.137. The number of hydrogen-bond donors (Lipinski definition) is 0. The number of aromatic nitrogens is 2. The van der Waals surface area contributed by atoms with E-state index in [1.807, 2.05) is 69.8 Å². The molecule has 0 saturated heterocycles. The molecule has 0 aliphatic rings. The largest absolute Gasteiger partial charge is 0.416 e. The molecular formula is C40H20F3N5. The van der Waals surface area contributed by atoms with Crippen LogP contribution in [0, 0.1) is 29.2 Å². The van der Waals surface area contributed by atoms with Crippen molar-refractivity contribution in [2.24, 2.45) is 0 Å². The summed E-state index contributed by atoms with van der Waals surface area (Å²) >= 11 is 0. The smallest absolute Gasteiger partial charge is 0.310 e. The van der Waals surface area contributed by atoms with Crippen LogP contribution in [-0.2, 0) is 6.18 Å². The van der Waals surface area contributed by atoms with Crippen molar-refractivity contribution in [3.63, 3.8) is 0 Å². The molecule has 0 amide bonds. The predicted octanol–water partition coefficient (Wildman–Crippen LogP) is 10.9. The van der Waals surface area contributed by atoms with E-state index >= 15 is 0 Å². The molecule has 48 heavy (non-hydrogen) atoms. The molecule has 0 atom stereocenters. The van der Waals surface area contributed by atoms with E-state index in [4.69, 9.17) is 6.57 Å². The maximum Gasteiger partial charge on any atom is 0.416 e. The molecule has 0 spiro atoms. The molecule has 0 bridgehead atoms. The zero-order valence-electron chi connectivity index (χ0n) is 24.9. The Morgan fingerprint density at radius 3 is 1.62 bits per heavy atom. The van der Waals surface area contributed by atoms with E-state index in [1.54, 1.807) is 42.5 Å². The zero-order chi connectivity index (χ0) is 33.2. The van der Waals surface area contributed by atoms with Crippen molar-refractivity contribution in [3.05, 3.63) is 149 Å². The molecule has 8 aromatic rings. The first-order valence-corrected chi connectivity index (χ1v) is 14.9. The summed E-state index contributed by atoms with van der Waals surface area (Å²) in [5, 5.41) is 22.6. The Morgan fingerprint density at radius 1 is 0.542 bits per heavy atom. The molecule has 0 radical (unpaired) electrons. The molecule has 6 aromatic carbocycles. The van der Waals surface area contributed by atoms with E-state index in [0.29, 0.717) is 39.3 Å². The lowest BCUT2D eigenvalue weighted by Gasteiger charge is -2.20. The first-order chi connectivity index (χ1) is 23.3. The predicted molar refractivity (Wildman–Crippen MR) is 181 cm³/mol. The van der Waals surface area contributed by atoms with Gasteiger partial charge in [-0.25, -0.2) is 4.85 Å². The van der Waals surface area contributed by atoms with Gasteiger partial charge in [-0.3, -0.25) is 0 Å². The highest BCUT2D eigenvalue weighted by atomic mass is 19.4. The molecule has 8 rings (SSSR count). The molecule has 2 aromatic heterocycles. The quantitative estimate of drug-likeness (QED) is 0.183. The average molecular weight is 628 g/mol. The van der Waals surface area contributed by atoms with Crippen LogP contribution in [0.25, 0.3) is 71.0 Å². The van der Waals surface area contributed by atoms with Crippen LogP contribution in [0.4, 0.5) is 18.9 Å². The Labute approximate surface area is 272 Å². The summed E-state index contributed by atoms with van der Waals surface area (Å²) in [6, 6.07) is 39.0. The lowest BCUT2D eigenvalue weighted by Crippen LogP contribution is -2.08. The molecule has 0 N–H and O–H groups in total. The van der Waals surface area contributed by atoms with Gasteiger partial charge < -0.3 is 9.13 Å². The molecule has 226 valence electrons. The summed E-state index contributed by atoms with van der Waals surface area (Å²) in [5.74, 6) is 0. The van der Waals surface area contributed by atoms with Gasteiger partial charge in [0.25, 0.3) is 0 Å². The fourth-order valence-corrected chi connectivity index (χ4v) is 6.73. The van der Waals surface area contributed by atoms with Crippen LogP contribution in [0.15, 0.2) is 121 Å². The Kier molecular flexibility index (Phi) is 6.34. The molecule has 0 unspecified atom stereocenters. The molecule has 8 heteroatoms. The molecule has 2 heterocycles. The summed E-state index contributed by atoms with van der Waals surface area (Å²) in [7, 11) is 0. The van der Waals surface area contributed by atoms with Gasteiger partial charge in [0.05, 0.1) is 63.2 Å². The van der Waals surface area contributed by atoms with Gasteiger partial charge >= 0.3 is 6.18 Å². The van der Waals surface area contributed by atoms with Gasteiger partial charge in [0.1, 0.15) is 0 Å². The van der Waals surface area contributed by atoms with Crippen LogP contribution in [0.1, 0.15) is 16.7 Å². The van der Waals surface area contributed by atoms with Crippen LogP contribution in [-0.4, -0.2) is 9.13 Å². The van der Waals surface area contributed by atoms with Gasteiger partial charge in [0.15, 0.2) is 5.69 Å². The van der Waals surface area contributed by atoms with Crippen molar-refractivity contribution in [2.75, 3.05) is 0 Å². The number of nitriles is 2. The molecule has 5 nitrogen and oxygen atoms in total. The summed E-state index contributed by atoms with van der Waals surface area (Å²) in [6.45, 7) is 7.81. The first-order valence-electron chi connectivity index (χ1n) is 14.9.